The van der Waals surface area contributed by atoms with Crippen molar-refractivity contribution in [2.75, 3.05) is 17.2 Å². The SMILES string of the molecule is CCc1ccccc1Nc1nncc(NCC(C)C)n1. The van der Waals surface area contributed by atoms with Crippen LogP contribution in [-0.2, 0) is 6.42 Å². The van der Waals surface area contributed by atoms with Crippen LogP contribution in [-0.4, -0.2) is 21.7 Å². The Labute approximate surface area is 119 Å². The van der Waals surface area contributed by atoms with Crippen LogP contribution < -0.4 is 10.6 Å². The molecule has 1 aromatic heterocycles. The number of aromatic nitrogens is 3. The molecule has 20 heavy (non-hydrogen) atoms. The number of anilines is 3. The molecule has 0 radical (unpaired) electrons. The maximum atomic E-state index is 4.42. The minimum Gasteiger partial charge on any atom is -0.368 e. The topological polar surface area (TPSA) is 62.7 Å². The largest absolute Gasteiger partial charge is 0.368 e. The van der Waals surface area contributed by atoms with Gasteiger partial charge in [-0.3, -0.25) is 0 Å². The van der Waals surface area contributed by atoms with E-state index in [9.17, 15) is 0 Å². The van der Waals surface area contributed by atoms with Crippen LogP contribution in [0, 0.1) is 5.92 Å². The van der Waals surface area contributed by atoms with Crippen LogP contribution in [0.1, 0.15) is 26.3 Å². The first-order chi connectivity index (χ1) is 9.69. The zero-order chi connectivity index (χ0) is 14.4. The van der Waals surface area contributed by atoms with Crippen molar-refractivity contribution < 1.29 is 0 Å². The standard InChI is InChI=1S/C15H21N5/c1-4-12-7-5-6-8-13(12)18-15-19-14(10-17-20-15)16-9-11(2)3/h5-8,10-11H,4,9H2,1-3H3,(H2,16,18,19,20). The number of hydrogen-bond donors (Lipinski definition) is 2. The lowest BCUT2D eigenvalue weighted by atomic mass is 10.1. The molecular weight excluding hydrogens is 250 g/mol. The molecular formula is C15H21N5. The molecule has 2 rings (SSSR count). The van der Waals surface area contributed by atoms with Gasteiger partial charge in [-0.25, -0.2) is 0 Å². The Morgan fingerprint density at radius 3 is 2.75 bits per heavy atom. The van der Waals surface area contributed by atoms with Gasteiger partial charge in [0.1, 0.15) is 0 Å². The minimum atomic E-state index is 0.514. The molecule has 0 amide bonds. The van der Waals surface area contributed by atoms with E-state index in [1.54, 1.807) is 6.20 Å². The van der Waals surface area contributed by atoms with Crippen molar-refractivity contribution in [2.24, 2.45) is 5.92 Å². The van der Waals surface area contributed by atoms with Crippen molar-refractivity contribution >= 4 is 17.5 Å². The first kappa shape index (κ1) is 14.2. The maximum absolute atomic E-state index is 4.42. The fourth-order valence-electron chi connectivity index (χ4n) is 1.82. The van der Waals surface area contributed by atoms with Gasteiger partial charge >= 0.3 is 0 Å². The highest BCUT2D eigenvalue weighted by atomic mass is 15.3. The molecule has 1 heterocycles. The van der Waals surface area contributed by atoms with Crippen LogP contribution in [0.4, 0.5) is 17.5 Å². The summed E-state index contributed by atoms with van der Waals surface area (Å²) in [6.45, 7) is 7.29. The van der Waals surface area contributed by atoms with Gasteiger partial charge < -0.3 is 10.6 Å². The molecule has 0 aliphatic carbocycles. The summed E-state index contributed by atoms with van der Waals surface area (Å²) in [5, 5.41) is 14.5. The van der Waals surface area contributed by atoms with E-state index in [0.717, 1.165) is 24.5 Å². The van der Waals surface area contributed by atoms with Crippen LogP contribution in [0.2, 0.25) is 0 Å². The van der Waals surface area contributed by atoms with E-state index in [1.807, 2.05) is 18.2 Å². The fourth-order valence-corrected chi connectivity index (χ4v) is 1.82. The Kier molecular flexibility index (Phi) is 4.87. The summed E-state index contributed by atoms with van der Waals surface area (Å²) in [6.07, 6.45) is 2.60. The number of nitrogens with one attached hydrogen (secondary N) is 2. The van der Waals surface area contributed by atoms with E-state index in [-0.39, 0.29) is 0 Å². The van der Waals surface area contributed by atoms with Gasteiger partial charge in [0.25, 0.3) is 0 Å². The molecule has 1 aromatic carbocycles. The average Bonchev–Trinajstić information content (AvgIpc) is 2.46. The van der Waals surface area contributed by atoms with E-state index >= 15 is 0 Å². The van der Waals surface area contributed by atoms with Crippen LogP contribution in [0.5, 0.6) is 0 Å². The molecule has 5 heteroatoms. The third-order valence-corrected chi connectivity index (χ3v) is 2.89. The van der Waals surface area contributed by atoms with E-state index < -0.39 is 0 Å². The number of para-hydroxylation sites is 1. The number of aryl methyl sites for hydroxylation is 1. The number of nitrogens with zero attached hydrogens (tertiary/aromatic N) is 3. The van der Waals surface area contributed by atoms with Gasteiger partial charge in [-0.1, -0.05) is 39.0 Å². The minimum absolute atomic E-state index is 0.514. The van der Waals surface area contributed by atoms with Crippen LogP contribution in [0.15, 0.2) is 30.5 Å². The lowest BCUT2D eigenvalue weighted by Crippen LogP contribution is -2.11. The molecule has 0 aliphatic heterocycles. The molecule has 0 saturated carbocycles. The van der Waals surface area contributed by atoms with Crippen molar-refractivity contribution in [2.45, 2.75) is 27.2 Å². The predicted molar refractivity (Wildman–Crippen MR) is 82.3 cm³/mol. The van der Waals surface area contributed by atoms with Crippen LogP contribution >= 0.6 is 0 Å². The lowest BCUT2D eigenvalue weighted by molar-refractivity contribution is 0.686. The summed E-state index contributed by atoms with van der Waals surface area (Å²) >= 11 is 0. The number of hydrogen-bond acceptors (Lipinski definition) is 5. The normalized spacial score (nSPS) is 10.6. The van der Waals surface area contributed by atoms with Gasteiger partial charge in [-0.15, -0.1) is 5.10 Å². The molecule has 0 spiro atoms. The van der Waals surface area contributed by atoms with Crippen molar-refractivity contribution in [1.29, 1.82) is 0 Å². The Morgan fingerprint density at radius 2 is 2.00 bits per heavy atom. The summed E-state index contributed by atoms with van der Waals surface area (Å²) in [7, 11) is 0. The molecule has 5 nitrogen and oxygen atoms in total. The molecule has 0 bridgehead atoms. The third-order valence-electron chi connectivity index (χ3n) is 2.89. The summed E-state index contributed by atoms with van der Waals surface area (Å²) < 4.78 is 0. The first-order valence-electron chi connectivity index (χ1n) is 6.97. The fraction of sp³-hybridized carbons (Fsp3) is 0.400. The molecule has 106 valence electrons. The smallest absolute Gasteiger partial charge is 0.249 e. The van der Waals surface area contributed by atoms with Crippen molar-refractivity contribution in [3.05, 3.63) is 36.0 Å². The highest BCUT2D eigenvalue weighted by Crippen LogP contribution is 2.19. The van der Waals surface area contributed by atoms with Gasteiger partial charge in [0.15, 0.2) is 5.82 Å². The van der Waals surface area contributed by atoms with Gasteiger partial charge in [0.05, 0.1) is 6.20 Å². The van der Waals surface area contributed by atoms with Crippen LogP contribution in [0.25, 0.3) is 0 Å². The monoisotopic (exact) mass is 271 g/mol. The quantitative estimate of drug-likeness (QED) is 0.844. The van der Waals surface area contributed by atoms with Crippen molar-refractivity contribution in [3.63, 3.8) is 0 Å². The van der Waals surface area contributed by atoms with Gasteiger partial charge in [0.2, 0.25) is 5.95 Å². The molecule has 2 aromatic rings. The summed E-state index contributed by atoms with van der Waals surface area (Å²) in [5.74, 6) is 1.81. The molecule has 0 unspecified atom stereocenters. The Bertz CT molecular complexity index is 553. The first-order valence-corrected chi connectivity index (χ1v) is 6.97. The van der Waals surface area contributed by atoms with Gasteiger partial charge in [-0.2, -0.15) is 10.1 Å². The average molecular weight is 271 g/mol. The second-order valence-corrected chi connectivity index (χ2v) is 5.08. The van der Waals surface area contributed by atoms with Crippen molar-refractivity contribution in [1.82, 2.24) is 15.2 Å². The van der Waals surface area contributed by atoms with E-state index in [4.69, 9.17) is 0 Å². The predicted octanol–water partition coefficient (Wildman–Crippen LogP) is 3.25. The second-order valence-electron chi connectivity index (χ2n) is 5.08. The van der Waals surface area contributed by atoms with Gasteiger partial charge in [-0.05, 0) is 24.0 Å². The third kappa shape index (κ3) is 3.91. The Morgan fingerprint density at radius 1 is 1.20 bits per heavy atom. The number of rotatable bonds is 6. The summed E-state index contributed by atoms with van der Waals surface area (Å²) in [4.78, 5) is 4.42. The summed E-state index contributed by atoms with van der Waals surface area (Å²) in [5.41, 5.74) is 2.26. The van der Waals surface area contributed by atoms with Gasteiger partial charge in [0, 0.05) is 12.2 Å². The molecule has 0 aliphatic rings. The van der Waals surface area contributed by atoms with Crippen molar-refractivity contribution in [3.8, 4) is 0 Å². The molecule has 0 atom stereocenters. The molecule has 2 N–H and O–H groups in total. The Hall–Kier alpha value is -2.17. The zero-order valence-corrected chi connectivity index (χ0v) is 12.2. The lowest BCUT2D eigenvalue weighted by Gasteiger charge is -2.11. The van der Waals surface area contributed by atoms with E-state index in [0.29, 0.717) is 11.9 Å². The number of benzene rings is 1. The Balaban J connectivity index is 2.11. The highest BCUT2D eigenvalue weighted by Gasteiger charge is 2.04. The molecule has 0 saturated heterocycles. The zero-order valence-electron chi connectivity index (χ0n) is 12.2. The molecule has 0 fully saturated rings. The van der Waals surface area contributed by atoms with E-state index in [1.165, 1.54) is 5.56 Å². The van der Waals surface area contributed by atoms with Crippen LogP contribution in [0.3, 0.4) is 0 Å². The highest BCUT2D eigenvalue weighted by molar-refractivity contribution is 5.58. The maximum Gasteiger partial charge on any atom is 0.249 e. The second kappa shape index (κ2) is 6.84. The van der Waals surface area contributed by atoms with E-state index in [2.05, 4.69) is 52.7 Å². The summed E-state index contributed by atoms with van der Waals surface area (Å²) in [6, 6.07) is 8.15.